The lowest BCUT2D eigenvalue weighted by atomic mass is 9.92. The van der Waals surface area contributed by atoms with Crippen molar-refractivity contribution in [3.8, 4) is 0 Å². The second-order valence-corrected chi connectivity index (χ2v) is 5.16. The topological polar surface area (TPSA) is 12.0 Å². The Morgan fingerprint density at radius 2 is 1.52 bits per heavy atom. The molecule has 0 bridgehead atoms. The first-order chi connectivity index (χ1) is 10.1. The van der Waals surface area contributed by atoms with E-state index in [4.69, 9.17) is 0 Å². The maximum Gasteiger partial charge on any atom is 0.129 e. The van der Waals surface area contributed by atoms with Gasteiger partial charge in [-0.05, 0) is 62.2 Å². The summed E-state index contributed by atoms with van der Waals surface area (Å²) in [7, 11) is 1.80. The molecule has 1 unspecified atom stereocenters. The second-order valence-electron chi connectivity index (χ2n) is 5.16. The highest BCUT2D eigenvalue weighted by molar-refractivity contribution is 5.22. The molecule has 0 aromatic heterocycles. The number of benzene rings is 2. The Balaban J connectivity index is 2.13. The van der Waals surface area contributed by atoms with Crippen LogP contribution in [-0.4, -0.2) is 13.6 Å². The predicted octanol–water partition coefficient (Wildman–Crippen LogP) is 3.72. The van der Waals surface area contributed by atoms with Crippen LogP contribution in [0.1, 0.15) is 11.1 Å². The maximum absolute atomic E-state index is 13.7. The molecular formula is C17H18F3N. The number of halogens is 3. The molecule has 0 aliphatic heterocycles. The van der Waals surface area contributed by atoms with Gasteiger partial charge in [0.1, 0.15) is 17.5 Å². The maximum atomic E-state index is 13.7. The first kappa shape index (κ1) is 15.6. The van der Waals surface area contributed by atoms with Gasteiger partial charge in [0.15, 0.2) is 0 Å². The molecule has 0 heterocycles. The van der Waals surface area contributed by atoms with E-state index in [1.165, 1.54) is 30.3 Å². The smallest absolute Gasteiger partial charge is 0.129 e. The summed E-state index contributed by atoms with van der Waals surface area (Å²) in [5.41, 5.74) is 1.06. The van der Waals surface area contributed by atoms with E-state index in [0.29, 0.717) is 19.4 Å². The van der Waals surface area contributed by atoms with Gasteiger partial charge in [0, 0.05) is 5.56 Å². The summed E-state index contributed by atoms with van der Waals surface area (Å²) < 4.78 is 40.4. The second kappa shape index (κ2) is 7.27. The highest BCUT2D eigenvalue weighted by Gasteiger charge is 2.16. The zero-order valence-electron chi connectivity index (χ0n) is 11.9. The van der Waals surface area contributed by atoms with Gasteiger partial charge in [-0.2, -0.15) is 0 Å². The van der Waals surface area contributed by atoms with Crippen LogP contribution in [0, 0.1) is 23.4 Å². The van der Waals surface area contributed by atoms with E-state index in [1.807, 2.05) is 0 Å². The molecule has 2 aromatic rings. The van der Waals surface area contributed by atoms with Crippen LogP contribution in [0.5, 0.6) is 0 Å². The normalized spacial score (nSPS) is 12.4. The summed E-state index contributed by atoms with van der Waals surface area (Å²) in [6.07, 6.45) is 0.936. The van der Waals surface area contributed by atoms with E-state index in [0.717, 1.165) is 5.56 Å². The van der Waals surface area contributed by atoms with Crippen LogP contribution >= 0.6 is 0 Å². The van der Waals surface area contributed by atoms with Crippen LogP contribution in [0.3, 0.4) is 0 Å². The van der Waals surface area contributed by atoms with Crippen LogP contribution in [0.25, 0.3) is 0 Å². The molecule has 21 heavy (non-hydrogen) atoms. The van der Waals surface area contributed by atoms with Crippen molar-refractivity contribution in [3.05, 3.63) is 71.0 Å². The lowest BCUT2D eigenvalue weighted by Gasteiger charge is -2.17. The number of hydrogen-bond acceptors (Lipinski definition) is 1. The fourth-order valence-electron chi connectivity index (χ4n) is 2.48. The zero-order chi connectivity index (χ0) is 15.2. The molecule has 1 atom stereocenters. The van der Waals surface area contributed by atoms with Gasteiger partial charge in [-0.25, -0.2) is 13.2 Å². The SMILES string of the molecule is CNCC(Cc1ccc(F)cc1)Cc1c(F)cccc1F. The molecule has 0 fully saturated rings. The minimum Gasteiger partial charge on any atom is -0.319 e. The summed E-state index contributed by atoms with van der Waals surface area (Å²) in [4.78, 5) is 0. The Morgan fingerprint density at radius 1 is 0.905 bits per heavy atom. The molecule has 2 aromatic carbocycles. The average molecular weight is 293 g/mol. The number of nitrogens with one attached hydrogen (secondary N) is 1. The van der Waals surface area contributed by atoms with Gasteiger partial charge >= 0.3 is 0 Å². The minimum absolute atomic E-state index is 0.0341. The predicted molar refractivity (Wildman–Crippen MR) is 77.6 cm³/mol. The first-order valence-electron chi connectivity index (χ1n) is 6.92. The van der Waals surface area contributed by atoms with E-state index in [2.05, 4.69) is 5.32 Å². The Morgan fingerprint density at radius 3 is 2.10 bits per heavy atom. The molecule has 4 heteroatoms. The summed E-state index contributed by atoms with van der Waals surface area (Å²) in [5, 5.41) is 3.04. The molecule has 0 amide bonds. The van der Waals surface area contributed by atoms with Crippen molar-refractivity contribution in [2.24, 2.45) is 5.92 Å². The van der Waals surface area contributed by atoms with E-state index in [-0.39, 0.29) is 17.3 Å². The third-order valence-electron chi connectivity index (χ3n) is 3.48. The summed E-state index contributed by atoms with van der Waals surface area (Å²) >= 11 is 0. The molecule has 0 aliphatic rings. The van der Waals surface area contributed by atoms with E-state index in [9.17, 15) is 13.2 Å². The van der Waals surface area contributed by atoms with Gasteiger partial charge < -0.3 is 5.32 Å². The molecule has 0 saturated carbocycles. The first-order valence-corrected chi connectivity index (χ1v) is 6.92. The third kappa shape index (κ3) is 4.33. The van der Waals surface area contributed by atoms with Crippen LogP contribution in [0.2, 0.25) is 0 Å². The molecule has 0 saturated heterocycles. The van der Waals surface area contributed by atoms with Gasteiger partial charge in [-0.3, -0.25) is 0 Å². The summed E-state index contributed by atoms with van der Waals surface area (Å²) in [5.74, 6) is -1.29. The highest BCUT2D eigenvalue weighted by atomic mass is 19.1. The van der Waals surface area contributed by atoms with Crippen molar-refractivity contribution in [3.63, 3.8) is 0 Å². The van der Waals surface area contributed by atoms with Crippen LogP contribution in [-0.2, 0) is 12.8 Å². The van der Waals surface area contributed by atoms with E-state index >= 15 is 0 Å². The van der Waals surface area contributed by atoms with Crippen LogP contribution in [0.4, 0.5) is 13.2 Å². The molecule has 0 radical (unpaired) electrons. The molecule has 2 rings (SSSR count). The Hall–Kier alpha value is -1.81. The summed E-state index contributed by atoms with van der Waals surface area (Å²) in [6, 6.07) is 10.1. The van der Waals surface area contributed by atoms with Gasteiger partial charge in [-0.15, -0.1) is 0 Å². The monoisotopic (exact) mass is 293 g/mol. The Kier molecular flexibility index (Phi) is 5.39. The van der Waals surface area contributed by atoms with Gasteiger partial charge in [0.2, 0.25) is 0 Å². The highest BCUT2D eigenvalue weighted by Crippen LogP contribution is 2.19. The third-order valence-corrected chi connectivity index (χ3v) is 3.48. The molecule has 0 aliphatic carbocycles. The molecule has 112 valence electrons. The van der Waals surface area contributed by atoms with Crippen molar-refractivity contribution in [1.82, 2.24) is 5.32 Å². The summed E-state index contributed by atoms with van der Waals surface area (Å²) in [6.45, 7) is 0.630. The van der Waals surface area contributed by atoms with Gasteiger partial charge in [-0.1, -0.05) is 18.2 Å². The van der Waals surface area contributed by atoms with Crippen molar-refractivity contribution >= 4 is 0 Å². The average Bonchev–Trinajstić information content (AvgIpc) is 2.45. The number of rotatable bonds is 6. The quantitative estimate of drug-likeness (QED) is 0.856. The lowest BCUT2D eigenvalue weighted by molar-refractivity contribution is 0.461. The van der Waals surface area contributed by atoms with E-state index in [1.54, 1.807) is 19.2 Å². The van der Waals surface area contributed by atoms with E-state index < -0.39 is 11.6 Å². The molecule has 0 spiro atoms. The van der Waals surface area contributed by atoms with Crippen molar-refractivity contribution in [2.75, 3.05) is 13.6 Å². The molecule has 1 nitrogen and oxygen atoms in total. The molecular weight excluding hydrogens is 275 g/mol. The largest absolute Gasteiger partial charge is 0.319 e. The fourth-order valence-corrected chi connectivity index (χ4v) is 2.48. The Bertz CT molecular complexity index is 561. The Labute approximate surface area is 122 Å². The standard InChI is InChI=1S/C17H18F3N/c1-21-11-13(9-12-5-7-14(18)8-6-12)10-15-16(19)3-2-4-17(15)20/h2-8,13,21H,9-11H2,1H3. The zero-order valence-corrected chi connectivity index (χ0v) is 11.9. The van der Waals surface area contributed by atoms with Crippen molar-refractivity contribution in [2.45, 2.75) is 12.8 Å². The molecule has 1 N–H and O–H groups in total. The fraction of sp³-hybridized carbons (Fsp3) is 0.294. The van der Waals surface area contributed by atoms with Crippen molar-refractivity contribution < 1.29 is 13.2 Å². The van der Waals surface area contributed by atoms with Crippen molar-refractivity contribution in [1.29, 1.82) is 0 Å². The van der Waals surface area contributed by atoms with Gasteiger partial charge in [0.05, 0.1) is 0 Å². The van der Waals surface area contributed by atoms with Crippen LogP contribution in [0.15, 0.2) is 42.5 Å². The lowest BCUT2D eigenvalue weighted by Crippen LogP contribution is -2.23. The number of hydrogen-bond donors (Lipinski definition) is 1. The van der Waals surface area contributed by atoms with Gasteiger partial charge in [0.25, 0.3) is 0 Å². The minimum atomic E-state index is -0.518. The van der Waals surface area contributed by atoms with Crippen LogP contribution < -0.4 is 5.32 Å².